The highest BCUT2D eigenvalue weighted by molar-refractivity contribution is 7.21. The van der Waals surface area contributed by atoms with Gasteiger partial charge in [0.05, 0.1) is 23.7 Å². The van der Waals surface area contributed by atoms with Gasteiger partial charge in [-0.1, -0.05) is 6.07 Å². The van der Waals surface area contributed by atoms with Crippen LogP contribution in [0.15, 0.2) is 60.9 Å². The minimum absolute atomic E-state index is 0.0957. The molecule has 9 heteroatoms. The van der Waals surface area contributed by atoms with Gasteiger partial charge in [-0.2, -0.15) is 5.10 Å². The van der Waals surface area contributed by atoms with E-state index in [1.54, 1.807) is 35.1 Å². The van der Waals surface area contributed by atoms with Gasteiger partial charge in [-0.3, -0.25) is 9.59 Å². The van der Waals surface area contributed by atoms with E-state index in [4.69, 9.17) is 4.74 Å². The highest BCUT2D eigenvalue weighted by Gasteiger charge is 2.21. The van der Waals surface area contributed by atoms with Crippen molar-refractivity contribution in [1.29, 1.82) is 0 Å². The molecule has 2 aromatic carbocycles. The van der Waals surface area contributed by atoms with E-state index < -0.39 is 11.7 Å². The lowest BCUT2D eigenvalue weighted by molar-refractivity contribution is -0.115. The monoisotopic (exact) mass is 438 g/mol. The number of carbonyl (C=O) groups is 2. The first-order valence-corrected chi connectivity index (χ1v) is 10.3. The van der Waals surface area contributed by atoms with Crippen molar-refractivity contribution in [1.82, 2.24) is 15.1 Å². The Morgan fingerprint density at radius 1 is 1.16 bits per heavy atom. The number of methoxy groups -OCH3 is 1. The van der Waals surface area contributed by atoms with Gasteiger partial charge in [0.15, 0.2) is 0 Å². The lowest BCUT2D eigenvalue weighted by Gasteiger charge is -2.08. The fourth-order valence-corrected chi connectivity index (χ4v) is 4.34. The molecule has 2 aromatic heterocycles. The molecule has 0 atom stereocenters. The standard InChI is InChI=1S/C22H19FN4O3S/c1-30-13-16-20-17(23)4-2-5-18(20)31-21(16)22(29)24-12-19(28)26-14-6-8-15(9-7-14)27-11-3-10-25-27/h2-11H,12-13H2,1H3,(H,24,29)(H,26,28). The number of halogens is 1. The van der Waals surface area contributed by atoms with Crippen LogP contribution in [0.1, 0.15) is 15.2 Å². The summed E-state index contributed by atoms with van der Waals surface area (Å²) in [6.07, 6.45) is 3.50. The lowest BCUT2D eigenvalue weighted by Crippen LogP contribution is -2.32. The molecule has 0 aliphatic rings. The van der Waals surface area contributed by atoms with Crippen LogP contribution in [0.5, 0.6) is 0 Å². The third kappa shape index (κ3) is 4.47. The normalized spacial score (nSPS) is 10.9. The largest absolute Gasteiger partial charge is 0.380 e. The molecule has 0 unspecified atom stereocenters. The number of thiophene rings is 1. The van der Waals surface area contributed by atoms with E-state index in [1.165, 1.54) is 24.5 Å². The van der Waals surface area contributed by atoms with Gasteiger partial charge in [0.1, 0.15) is 5.82 Å². The molecule has 4 aromatic rings. The summed E-state index contributed by atoms with van der Waals surface area (Å²) in [5.41, 5.74) is 1.94. The van der Waals surface area contributed by atoms with E-state index in [-0.39, 0.29) is 19.1 Å². The van der Waals surface area contributed by atoms with Crippen molar-refractivity contribution in [2.45, 2.75) is 6.61 Å². The Hall–Kier alpha value is -3.56. The first-order valence-electron chi connectivity index (χ1n) is 9.44. The van der Waals surface area contributed by atoms with Crippen LogP contribution in [-0.4, -0.2) is 35.2 Å². The molecule has 31 heavy (non-hydrogen) atoms. The van der Waals surface area contributed by atoms with Crippen molar-refractivity contribution in [3.63, 3.8) is 0 Å². The van der Waals surface area contributed by atoms with Gasteiger partial charge in [-0.15, -0.1) is 11.3 Å². The molecule has 0 saturated heterocycles. The van der Waals surface area contributed by atoms with E-state index >= 15 is 0 Å². The zero-order valence-electron chi connectivity index (χ0n) is 16.6. The number of nitrogens with zero attached hydrogens (tertiary/aromatic N) is 2. The number of fused-ring (bicyclic) bond motifs is 1. The summed E-state index contributed by atoms with van der Waals surface area (Å²) < 4.78 is 21.8. The molecule has 2 heterocycles. The van der Waals surface area contributed by atoms with Gasteiger partial charge in [0, 0.05) is 40.8 Å². The molecule has 0 aliphatic heterocycles. The summed E-state index contributed by atoms with van der Waals surface area (Å²) in [6.45, 7) is -0.124. The summed E-state index contributed by atoms with van der Waals surface area (Å²) in [4.78, 5) is 25.3. The fraction of sp³-hybridized carbons (Fsp3) is 0.136. The van der Waals surface area contributed by atoms with Crippen LogP contribution in [0.25, 0.3) is 15.8 Å². The maximum Gasteiger partial charge on any atom is 0.262 e. The van der Waals surface area contributed by atoms with Crippen molar-refractivity contribution in [2.24, 2.45) is 0 Å². The predicted molar refractivity (Wildman–Crippen MR) is 117 cm³/mol. The van der Waals surface area contributed by atoms with Gasteiger partial charge in [-0.05, 0) is 42.5 Å². The number of rotatable bonds is 7. The number of hydrogen-bond acceptors (Lipinski definition) is 5. The number of anilines is 1. The van der Waals surface area contributed by atoms with Gasteiger partial charge in [0.2, 0.25) is 5.91 Å². The van der Waals surface area contributed by atoms with Crippen LogP contribution in [-0.2, 0) is 16.1 Å². The molecule has 7 nitrogen and oxygen atoms in total. The lowest BCUT2D eigenvalue weighted by atomic mass is 10.1. The fourth-order valence-electron chi connectivity index (χ4n) is 3.20. The Morgan fingerprint density at radius 2 is 1.97 bits per heavy atom. The second-order valence-electron chi connectivity index (χ2n) is 6.68. The highest BCUT2D eigenvalue weighted by Crippen LogP contribution is 2.33. The summed E-state index contributed by atoms with van der Waals surface area (Å²) in [6, 6.07) is 13.7. The molecule has 0 bridgehead atoms. The van der Waals surface area contributed by atoms with Crippen molar-refractivity contribution >= 4 is 38.9 Å². The van der Waals surface area contributed by atoms with Crippen LogP contribution in [0.2, 0.25) is 0 Å². The molecule has 0 spiro atoms. The quantitative estimate of drug-likeness (QED) is 0.460. The smallest absolute Gasteiger partial charge is 0.262 e. The van der Waals surface area contributed by atoms with Crippen LogP contribution in [0.4, 0.5) is 10.1 Å². The van der Waals surface area contributed by atoms with Gasteiger partial charge in [0.25, 0.3) is 5.91 Å². The summed E-state index contributed by atoms with van der Waals surface area (Å²) in [7, 11) is 1.48. The number of nitrogens with one attached hydrogen (secondary N) is 2. The molecule has 0 radical (unpaired) electrons. The second kappa shape index (κ2) is 9.07. The van der Waals surface area contributed by atoms with Crippen molar-refractivity contribution in [3.8, 4) is 5.69 Å². The van der Waals surface area contributed by atoms with Crippen LogP contribution in [0.3, 0.4) is 0 Å². The molecule has 0 fully saturated rings. The molecule has 2 N–H and O–H groups in total. The van der Waals surface area contributed by atoms with Gasteiger partial charge >= 0.3 is 0 Å². The van der Waals surface area contributed by atoms with E-state index in [1.807, 2.05) is 24.4 Å². The van der Waals surface area contributed by atoms with Crippen molar-refractivity contribution < 1.29 is 18.7 Å². The number of ether oxygens (including phenoxy) is 1. The second-order valence-corrected chi connectivity index (χ2v) is 7.74. The Bertz CT molecular complexity index is 1220. The van der Waals surface area contributed by atoms with E-state index in [0.29, 0.717) is 26.2 Å². The topological polar surface area (TPSA) is 85.2 Å². The average molecular weight is 438 g/mol. The third-order valence-electron chi connectivity index (χ3n) is 4.59. The third-order valence-corrected chi connectivity index (χ3v) is 5.78. The van der Waals surface area contributed by atoms with Crippen molar-refractivity contribution in [2.75, 3.05) is 19.0 Å². The Kier molecular flexibility index (Phi) is 6.06. The maximum absolute atomic E-state index is 14.3. The average Bonchev–Trinajstić information content (AvgIpc) is 3.42. The maximum atomic E-state index is 14.3. The number of benzene rings is 2. The van der Waals surface area contributed by atoms with Crippen molar-refractivity contribution in [3.05, 3.63) is 77.2 Å². The minimum Gasteiger partial charge on any atom is -0.380 e. The number of hydrogen-bond donors (Lipinski definition) is 2. The molecular formula is C22H19FN4O3S. The van der Waals surface area contributed by atoms with E-state index in [2.05, 4.69) is 15.7 Å². The molecule has 2 amide bonds. The number of aromatic nitrogens is 2. The first-order chi connectivity index (χ1) is 15.1. The molecule has 158 valence electrons. The summed E-state index contributed by atoms with van der Waals surface area (Å²) in [5.74, 6) is -1.23. The summed E-state index contributed by atoms with van der Waals surface area (Å²) in [5, 5.41) is 9.85. The van der Waals surface area contributed by atoms with Crippen LogP contribution >= 0.6 is 11.3 Å². The Balaban J connectivity index is 1.41. The summed E-state index contributed by atoms with van der Waals surface area (Å²) >= 11 is 1.17. The zero-order chi connectivity index (χ0) is 21.8. The van der Waals surface area contributed by atoms with Gasteiger partial charge < -0.3 is 15.4 Å². The number of carbonyl (C=O) groups excluding carboxylic acids is 2. The first kappa shape index (κ1) is 20.7. The molecule has 0 aliphatic carbocycles. The van der Waals surface area contributed by atoms with E-state index in [9.17, 15) is 14.0 Å². The molecule has 0 saturated carbocycles. The zero-order valence-corrected chi connectivity index (χ0v) is 17.4. The Labute approximate surface area is 181 Å². The molecule has 4 rings (SSSR count). The highest BCUT2D eigenvalue weighted by atomic mass is 32.1. The van der Waals surface area contributed by atoms with E-state index in [0.717, 1.165) is 5.69 Å². The predicted octanol–water partition coefficient (Wildman–Crippen LogP) is 3.74. The number of amides is 2. The minimum atomic E-state index is -0.447. The van der Waals surface area contributed by atoms with Crippen LogP contribution in [0, 0.1) is 5.82 Å². The van der Waals surface area contributed by atoms with Gasteiger partial charge in [-0.25, -0.2) is 9.07 Å². The Morgan fingerprint density at radius 3 is 2.68 bits per heavy atom. The van der Waals surface area contributed by atoms with Crippen LogP contribution < -0.4 is 10.6 Å². The SMILES string of the molecule is COCc1c(C(=O)NCC(=O)Nc2ccc(-n3cccn3)cc2)sc2cccc(F)c12. The molecular weight excluding hydrogens is 419 g/mol.